The van der Waals surface area contributed by atoms with Crippen LogP contribution in [0, 0.1) is 5.82 Å². The zero-order valence-electron chi connectivity index (χ0n) is 12.3. The molecule has 1 atom stereocenters. The van der Waals surface area contributed by atoms with Crippen LogP contribution in [0.15, 0.2) is 58.3 Å². The Morgan fingerprint density at radius 1 is 1.17 bits per heavy atom. The predicted octanol–water partition coefficient (Wildman–Crippen LogP) is 4.95. The number of rotatable bonds is 2. The molecular formula is C17H11BrClFN4. The molecule has 7 heteroatoms. The normalized spacial score (nSPS) is 16.6. The molecule has 0 saturated carbocycles. The van der Waals surface area contributed by atoms with Gasteiger partial charge < -0.3 is 0 Å². The Kier molecular flexibility index (Phi) is 3.94. The molecule has 0 fully saturated rings. The van der Waals surface area contributed by atoms with Crippen LogP contribution in [0.5, 0.6) is 0 Å². The highest BCUT2D eigenvalue weighted by Crippen LogP contribution is 2.36. The van der Waals surface area contributed by atoms with Crippen molar-refractivity contribution in [2.75, 3.05) is 0 Å². The molecule has 0 saturated heterocycles. The maximum atomic E-state index is 14.4. The Morgan fingerprint density at radius 3 is 2.71 bits per heavy atom. The van der Waals surface area contributed by atoms with Gasteiger partial charge in [-0.15, -0.1) is 0 Å². The lowest BCUT2D eigenvalue weighted by molar-refractivity contribution is 0.497. The summed E-state index contributed by atoms with van der Waals surface area (Å²) in [5.74, 6) is 0.0921. The first kappa shape index (κ1) is 15.5. The Hall–Kier alpha value is -2.05. The summed E-state index contributed by atoms with van der Waals surface area (Å²) in [5, 5.41) is 4.58. The predicted molar refractivity (Wildman–Crippen MR) is 94.5 cm³/mol. The number of fused-ring (bicyclic) bond motifs is 1. The van der Waals surface area contributed by atoms with Gasteiger partial charge in [-0.25, -0.2) is 14.1 Å². The van der Waals surface area contributed by atoms with Crippen molar-refractivity contribution in [2.45, 2.75) is 12.5 Å². The smallest absolute Gasteiger partial charge is 0.222 e. The van der Waals surface area contributed by atoms with Gasteiger partial charge in [-0.3, -0.25) is 0 Å². The van der Waals surface area contributed by atoms with Gasteiger partial charge in [0, 0.05) is 21.5 Å². The Labute approximate surface area is 151 Å². The van der Waals surface area contributed by atoms with Crippen molar-refractivity contribution < 1.29 is 4.39 Å². The second kappa shape index (κ2) is 6.11. The van der Waals surface area contributed by atoms with E-state index in [4.69, 9.17) is 11.6 Å². The van der Waals surface area contributed by atoms with E-state index >= 15 is 0 Å². The molecule has 2 aromatic carbocycles. The van der Waals surface area contributed by atoms with Crippen molar-refractivity contribution in [3.63, 3.8) is 0 Å². The third-order valence-electron chi connectivity index (χ3n) is 3.98. The molecular weight excluding hydrogens is 395 g/mol. The molecule has 0 bridgehead atoms. The summed E-state index contributed by atoms with van der Waals surface area (Å²) >= 11 is 9.69. The van der Waals surface area contributed by atoms with Crippen molar-refractivity contribution >= 4 is 39.2 Å². The molecule has 0 amide bonds. The van der Waals surface area contributed by atoms with Gasteiger partial charge >= 0.3 is 0 Å². The van der Waals surface area contributed by atoms with Gasteiger partial charge in [0.1, 0.15) is 12.1 Å². The summed E-state index contributed by atoms with van der Waals surface area (Å²) in [6, 6.07) is 12.1. The van der Waals surface area contributed by atoms with Gasteiger partial charge in [0.2, 0.25) is 5.95 Å². The minimum Gasteiger partial charge on any atom is -0.222 e. The fourth-order valence-electron chi connectivity index (χ4n) is 2.86. The summed E-state index contributed by atoms with van der Waals surface area (Å²) in [7, 11) is 0. The van der Waals surface area contributed by atoms with Crippen LogP contribution in [0.2, 0.25) is 5.02 Å². The number of nitrogens with zero attached hydrogens (tertiary/aromatic N) is 4. The maximum Gasteiger partial charge on any atom is 0.248 e. The quantitative estimate of drug-likeness (QED) is 0.605. The standard InChI is InChI=1S/C17H11BrClFN4/c18-11-6-4-10(5-7-11)14-8-15(24-17(23-14)21-9-22-24)16-12(19)2-1-3-13(16)20/h1-7,9,15H,8H2. The monoisotopic (exact) mass is 404 g/mol. The number of hydrogen-bond donors (Lipinski definition) is 0. The van der Waals surface area contributed by atoms with Gasteiger partial charge in [-0.1, -0.05) is 45.7 Å². The molecule has 0 radical (unpaired) electrons. The molecule has 24 heavy (non-hydrogen) atoms. The summed E-state index contributed by atoms with van der Waals surface area (Å²) in [6.45, 7) is 0. The van der Waals surface area contributed by atoms with Gasteiger partial charge in [-0.05, 0) is 29.8 Å². The number of aliphatic imine (C=N–C) groups is 1. The summed E-state index contributed by atoms with van der Waals surface area (Å²) in [6.07, 6.45) is 1.91. The first-order valence-electron chi connectivity index (χ1n) is 7.30. The van der Waals surface area contributed by atoms with Gasteiger partial charge in [0.15, 0.2) is 0 Å². The van der Waals surface area contributed by atoms with Crippen molar-refractivity contribution in [3.05, 3.63) is 75.2 Å². The second-order valence-corrected chi connectivity index (χ2v) is 6.75. The zero-order valence-corrected chi connectivity index (χ0v) is 14.7. The van der Waals surface area contributed by atoms with E-state index in [-0.39, 0.29) is 11.9 Å². The van der Waals surface area contributed by atoms with Crippen LogP contribution < -0.4 is 0 Å². The van der Waals surface area contributed by atoms with Gasteiger partial charge in [0.25, 0.3) is 0 Å². The molecule has 0 spiro atoms. The highest BCUT2D eigenvalue weighted by Gasteiger charge is 2.29. The van der Waals surface area contributed by atoms with E-state index in [9.17, 15) is 4.39 Å². The molecule has 1 aliphatic heterocycles. The van der Waals surface area contributed by atoms with E-state index < -0.39 is 0 Å². The zero-order chi connectivity index (χ0) is 16.7. The SMILES string of the molecule is Fc1cccc(Cl)c1C1CC(c2ccc(Br)cc2)=Nc2ncnn21. The molecule has 1 aromatic heterocycles. The van der Waals surface area contributed by atoms with E-state index in [0.717, 1.165) is 15.7 Å². The largest absolute Gasteiger partial charge is 0.248 e. The first-order valence-corrected chi connectivity index (χ1v) is 8.47. The van der Waals surface area contributed by atoms with E-state index in [0.29, 0.717) is 23.0 Å². The topological polar surface area (TPSA) is 43.1 Å². The second-order valence-electron chi connectivity index (χ2n) is 5.43. The number of hydrogen-bond acceptors (Lipinski definition) is 3. The van der Waals surface area contributed by atoms with E-state index in [1.165, 1.54) is 12.4 Å². The highest BCUT2D eigenvalue weighted by atomic mass is 79.9. The molecule has 4 rings (SSSR count). The maximum absolute atomic E-state index is 14.4. The van der Waals surface area contributed by atoms with E-state index in [1.807, 2.05) is 24.3 Å². The summed E-state index contributed by atoms with van der Waals surface area (Å²) < 4.78 is 17.0. The first-order chi connectivity index (χ1) is 11.6. The van der Waals surface area contributed by atoms with Crippen LogP contribution >= 0.6 is 27.5 Å². The molecule has 0 aliphatic carbocycles. The Bertz CT molecular complexity index is 916. The van der Waals surface area contributed by atoms with Crippen LogP contribution in [0.4, 0.5) is 10.3 Å². The number of aromatic nitrogens is 3. The van der Waals surface area contributed by atoms with Gasteiger partial charge in [0.05, 0.1) is 11.8 Å². The average Bonchev–Trinajstić information content (AvgIpc) is 3.04. The fourth-order valence-corrected chi connectivity index (χ4v) is 3.41. The van der Waals surface area contributed by atoms with Gasteiger partial charge in [-0.2, -0.15) is 10.1 Å². The molecule has 3 aromatic rings. The molecule has 1 unspecified atom stereocenters. The molecule has 4 nitrogen and oxygen atoms in total. The van der Waals surface area contributed by atoms with E-state index in [1.54, 1.807) is 16.8 Å². The third-order valence-corrected chi connectivity index (χ3v) is 4.84. The third kappa shape index (κ3) is 2.65. The van der Waals surface area contributed by atoms with Crippen LogP contribution in [-0.2, 0) is 0 Å². The summed E-state index contributed by atoms with van der Waals surface area (Å²) in [4.78, 5) is 8.74. The van der Waals surface area contributed by atoms with Crippen molar-refractivity contribution in [1.29, 1.82) is 0 Å². The molecule has 1 aliphatic rings. The van der Waals surface area contributed by atoms with Crippen molar-refractivity contribution in [3.8, 4) is 0 Å². The lowest BCUT2D eigenvalue weighted by Crippen LogP contribution is -2.22. The van der Waals surface area contributed by atoms with Crippen molar-refractivity contribution in [1.82, 2.24) is 14.8 Å². The number of halogens is 3. The molecule has 2 heterocycles. The Morgan fingerprint density at radius 2 is 1.96 bits per heavy atom. The number of benzene rings is 2. The Balaban J connectivity index is 1.83. The van der Waals surface area contributed by atoms with Crippen LogP contribution in [-0.4, -0.2) is 20.5 Å². The lowest BCUT2D eigenvalue weighted by Gasteiger charge is -2.25. The molecule has 0 N–H and O–H groups in total. The van der Waals surface area contributed by atoms with E-state index in [2.05, 4.69) is 31.0 Å². The highest BCUT2D eigenvalue weighted by molar-refractivity contribution is 9.10. The molecule has 120 valence electrons. The van der Waals surface area contributed by atoms with Crippen LogP contribution in [0.1, 0.15) is 23.6 Å². The fraction of sp³-hybridized carbons (Fsp3) is 0.118. The average molecular weight is 406 g/mol. The van der Waals surface area contributed by atoms with Crippen LogP contribution in [0.3, 0.4) is 0 Å². The summed E-state index contributed by atoms with van der Waals surface area (Å²) in [5.41, 5.74) is 2.20. The van der Waals surface area contributed by atoms with Crippen LogP contribution in [0.25, 0.3) is 0 Å². The minimum absolute atomic E-state index is 0.356. The minimum atomic E-state index is -0.382. The van der Waals surface area contributed by atoms with Crippen molar-refractivity contribution in [2.24, 2.45) is 4.99 Å². The lowest BCUT2D eigenvalue weighted by atomic mass is 9.95.